The van der Waals surface area contributed by atoms with Crippen LogP contribution in [0.5, 0.6) is 0 Å². The van der Waals surface area contributed by atoms with Crippen molar-refractivity contribution in [2.24, 2.45) is 17.6 Å². The zero-order valence-electron chi connectivity index (χ0n) is 10.5. The lowest BCUT2D eigenvalue weighted by atomic mass is 9.78. The average molecular weight is 226 g/mol. The van der Waals surface area contributed by atoms with Crippen LogP contribution in [0.15, 0.2) is 0 Å². The Morgan fingerprint density at radius 3 is 2.94 bits per heavy atom. The van der Waals surface area contributed by atoms with Crippen LogP contribution in [-0.4, -0.2) is 43.8 Å². The van der Waals surface area contributed by atoms with E-state index in [0.29, 0.717) is 6.04 Å². The summed E-state index contributed by atoms with van der Waals surface area (Å²) in [5, 5.41) is 0. The van der Waals surface area contributed by atoms with E-state index in [1.165, 1.54) is 45.3 Å². The largest absolute Gasteiger partial charge is 0.382 e. The van der Waals surface area contributed by atoms with E-state index in [1.807, 2.05) is 0 Å². The summed E-state index contributed by atoms with van der Waals surface area (Å²) < 4.78 is 5.38. The van der Waals surface area contributed by atoms with E-state index in [9.17, 15) is 0 Å². The number of fused-ring (bicyclic) bond motifs is 1. The van der Waals surface area contributed by atoms with Crippen molar-refractivity contribution < 1.29 is 4.74 Å². The number of likely N-dealkylation sites (tertiary alicyclic amines) is 1. The van der Waals surface area contributed by atoms with Crippen molar-refractivity contribution in [1.82, 2.24) is 4.90 Å². The second-order valence-electron chi connectivity index (χ2n) is 5.33. The standard InChI is InChI=1S/C13H26N2O/c1-2-16-8-4-7-15-9-11-5-3-6-13(14)12(11)10-15/h11-13H,2-10,14H2,1H3. The first kappa shape index (κ1) is 12.3. The third-order valence-electron chi connectivity index (χ3n) is 4.20. The molecule has 94 valence electrons. The van der Waals surface area contributed by atoms with Gasteiger partial charge in [0.25, 0.3) is 0 Å². The maximum absolute atomic E-state index is 6.21. The molecule has 3 nitrogen and oxygen atoms in total. The average Bonchev–Trinajstić information content (AvgIpc) is 2.69. The Hall–Kier alpha value is -0.120. The summed E-state index contributed by atoms with van der Waals surface area (Å²) in [6.07, 6.45) is 5.16. The molecule has 1 saturated heterocycles. The molecule has 3 atom stereocenters. The SMILES string of the molecule is CCOCCCN1CC2CCCC(N)C2C1. The fourth-order valence-electron chi connectivity index (χ4n) is 3.33. The minimum Gasteiger partial charge on any atom is -0.382 e. The van der Waals surface area contributed by atoms with Gasteiger partial charge in [-0.2, -0.15) is 0 Å². The molecule has 1 aliphatic carbocycles. The molecule has 0 aromatic rings. The van der Waals surface area contributed by atoms with E-state index < -0.39 is 0 Å². The van der Waals surface area contributed by atoms with Crippen LogP contribution in [-0.2, 0) is 4.74 Å². The summed E-state index contributed by atoms with van der Waals surface area (Å²) in [5.74, 6) is 1.66. The number of nitrogens with zero attached hydrogens (tertiary/aromatic N) is 1. The third-order valence-corrected chi connectivity index (χ3v) is 4.20. The van der Waals surface area contributed by atoms with Gasteiger partial charge in [0.05, 0.1) is 0 Å². The van der Waals surface area contributed by atoms with Gasteiger partial charge in [-0.3, -0.25) is 0 Å². The Morgan fingerprint density at radius 1 is 1.31 bits per heavy atom. The van der Waals surface area contributed by atoms with Gasteiger partial charge in [-0.05, 0) is 38.0 Å². The van der Waals surface area contributed by atoms with Gasteiger partial charge in [0.1, 0.15) is 0 Å². The van der Waals surface area contributed by atoms with E-state index in [-0.39, 0.29) is 0 Å². The first-order chi connectivity index (χ1) is 7.81. The predicted octanol–water partition coefficient (Wildman–Crippen LogP) is 1.47. The zero-order valence-corrected chi connectivity index (χ0v) is 10.5. The van der Waals surface area contributed by atoms with Gasteiger partial charge in [0.2, 0.25) is 0 Å². The van der Waals surface area contributed by atoms with Crippen LogP contribution < -0.4 is 5.73 Å². The summed E-state index contributed by atoms with van der Waals surface area (Å²) >= 11 is 0. The molecule has 0 aromatic carbocycles. The van der Waals surface area contributed by atoms with E-state index in [2.05, 4.69) is 11.8 Å². The highest BCUT2D eigenvalue weighted by Gasteiger charge is 2.38. The van der Waals surface area contributed by atoms with Crippen molar-refractivity contribution in [1.29, 1.82) is 0 Å². The van der Waals surface area contributed by atoms with Crippen LogP contribution >= 0.6 is 0 Å². The molecule has 1 saturated carbocycles. The molecule has 0 bridgehead atoms. The van der Waals surface area contributed by atoms with Crippen molar-refractivity contribution in [3.63, 3.8) is 0 Å². The van der Waals surface area contributed by atoms with Gasteiger partial charge >= 0.3 is 0 Å². The minimum atomic E-state index is 0.468. The van der Waals surface area contributed by atoms with Crippen LogP contribution in [0.1, 0.15) is 32.6 Å². The molecule has 0 aromatic heterocycles. The van der Waals surface area contributed by atoms with Crippen molar-refractivity contribution in [2.75, 3.05) is 32.8 Å². The second-order valence-corrected chi connectivity index (χ2v) is 5.33. The maximum atomic E-state index is 6.21. The second kappa shape index (κ2) is 5.99. The Kier molecular flexibility index (Phi) is 4.62. The number of hydrogen-bond acceptors (Lipinski definition) is 3. The van der Waals surface area contributed by atoms with E-state index in [1.54, 1.807) is 0 Å². The number of ether oxygens (including phenoxy) is 1. The zero-order chi connectivity index (χ0) is 11.4. The summed E-state index contributed by atoms with van der Waals surface area (Å²) in [6, 6.07) is 0.468. The van der Waals surface area contributed by atoms with E-state index in [4.69, 9.17) is 10.5 Å². The Labute approximate surface area is 99.3 Å². The normalized spacial score (nSPS) is 35.2. The molecule has 3 unspecified atom stereocenters. The lowest BCUT2D eigenvalue weighted by molar-refractivity contribution is 0.134. The van der Waals surface area contributed by atoms with Gasteiger partial charge in [-0.1, -0.05) is 6.42 Å². The Balaban J connectivity index is 1.70. The first-order valence-corrected chi connectivity index (χ1v) is 6.87. The molecule has 2 rings (SSSR count). The van der Waals surface area contributed by atoms with Crippen molar-refractivity contribution >= 4 is 0 Å². The van der Waals surface area contributed by atoms with Crippen molar-refractivity contribution in [3.8, 4) is 0 Å². The van der Waals surface area contributed by atoms with Gasteiger partial charge in [0, 0.05) is 38.9 Å². The lowest BCUT2D eigenvalue weighted by Crippen LogP contribution is -2.38. The highest BCUT2D eigenvalue weighted by atomic mass is 16.5. The van der Waals surface area contributed by atoms with Crippen LogP contribution in [0.3, 0.4) is 0 Å². The molecular weight excluding hydrogens is 200 g/mol. The lowest BCUT2D eigenvalue weighted by Gasteiger charge is -2.29. The molecule has 1 aliphatic heterocycles. The molecule has 0 radical (unpaired) electrons. The fourth-order valence-corrected chi connectivity index (χ4v) is 3.33. The first-order valence-electron chi connectivity index (χ1n) is 6.87. The van der Waals surface area contributed by atoms with Crippen molar-refractivity contribution in [3.05, 3.63) is 0 Å². The third kappa shape index (κ3) is 2.96. The summed E-state index contributed by atoms with van der Waals surface area (Å²) in [5.41, 5.74) is 6.21. The molecule has 3 heteroatoms. The van der Waals surface area contributed by atoms with Gasteiger partial charge < -0.3 is 15.4 Å². The number of rotatable bonds is 5. The highest BCUT2D eigenvalue weighted by Crippen LogP contribution is 2.35. The highest BCUT2D eigenvalue weighted by molar-refractivity contribution is 4.92. The quantitative estimate of drug-likeness (QED) is 0.722. The molecule has 16 heavy (non-hydrogen) atoms. The van der Waals surface area contributed by atoms with Crippen LogP contribution in [0, 0.1) is 11.8 Å². The van der Waals surface area contributed by atoms with Gasteiger partial charge in [0.15, 0.2) is 0 Å². The van der Waals surface area contributed by atoms with Crippen molar-refractivity contribution in [2.45, 2.75) is 38.6 Å². The number of hydrogen-bond donors (Lipinski definition) is 1. The van der Waals surface area contributed by atoms with Crippen LogP contribution in [0.2, 0.25) is 0 Å². The van der Waals surface area contributed by atoms with Crippen LogP contribution in [0.4, 0.5) is 0 Å². The monoisotopic (exact) mass is 226 g/mol. The molecule has 2 N–H and O–H groups in total. The maximum Gasteiger partial charge on any atom is 0.0478 e. The minimum absolute atomic E-state index is 0.468. The Bertz CT molecular complexity index is 210. The molecule has 2 fully saturated rings. The van der Waals surface area contributed by atoms with Crippen LogP contribution in [0.25, 0.3) is 0 Å². The summed E-state index contributed by atoms with van der Waals surface area (Å²) in [4.78, 5) is 2.60. The van der Waals surface area contributed by atoms with E-state index >= 15 is 0 Å². The predicted molar refractivity (Wildman–Crippen MR) is 66.4 cm³/mol. The summed E-state index contributed by atoms with van der Waals surface area (Å²) in [6.45, 7) is 7.52. The molecule has 0 spiro atoms. The number of nitrogens with two attached hydrogens (primary N) is 1. The van der Waals surface area contributed by atoms with E-state index in [0.717, 1.165) is 25.0 Å². The van der Waals surface area contributed by atoms with Gasteiger partial charge in [-0.25, -0.2) is 0 Å². The Morgan fingerprint density at radius 2 is 2.19 bits per heavy atom. The summed E-state index contributed by atoms with van der Waals surface area (Å²) in [7, 11) is 0. The van der Waals surface area contributed by atoms with Gasteiger partial charge in [-0.15, -0.1) is 0 Å². The molecular formula is C13H26N2O. The molecule has 0 amide bonds. The fraction of sp³-hybridized carbons (Fsp3) is 1.00. The molecule has 1 heterocycles. The smallest absolute Gasteiger partial charge is 0.0478 e. The molecule has 2 aliphatic rings. The topological polar surface area (TPSA) is 38.5 Å².